The van der Waals surface area contributed by atoms with Crippen molar-refractivity contribution in [3.8, 4) is 11.5 Å². The van der Waals surface area contributed by atoms with Gasteiger partial charge in [0.05, 0.1) is 11.3 Å². The molecule has 1 aliphatic carbocycles. The lowest BCUT2D eigenvalue weighted by molar-refractivity contribution is -0.119. The average Bonchev–Trinajstić information content (AvgIpc) is 3.25. The molecule has 110 valence electrons. The topological polar surface area (TPSA) is 80.9 Å². The third-order valence-electron chi connectivity index (χ3n) is 3.36. The summed E-state index contributed by atoms with van der Waals surface area (Å²) in [5.41, 5.74) is 0.767. The summed E-state index contributed by atoms with van der Waals surface area (Å²) in [7, 11) is 0. The smallest absolute Gasteiger partial charge is 0.277 e. The van der Waals surface area contributed by atoms with Crippen LogP contribution in [0.15, 0.2) is 34.2 Å². The minimum Gasteiger partial charge on any atom is -0.411 e. The summed E-state index contributed by atoms with van der Waals surface area (Å²) in [4.78, 5) is 15.8. The van der Waals surface area contributed by atoms with Crippen LogP contribution in [0.3, 0.4) is 0 Å². The Kier molecular flexibility index (Phi) is 4.19. The molecule has 2 aromatic heterocycles. The summed E-state index contributed by atoms with van der Waals surface area (Å²) in [6.07, 6.45) is 5.77. The van der Waals surface area contributed by atoms with Crippen LogP contribution in [0.5, 0.6) is 0 Å². The molecule has 21 heavy (non-hydrogen) atoms. The minimum absolute atomic E-state index is 0.000489. The van der Waals surface area contributed by atoms with Gasteiger partial charge in [-0.3, -0.25) is 9.78 Å². The molecule has 1 atom stereocenters. The fourth-order valence-electron chi connectivity index (χ4n) is 2.01. The molecule has 0 radical (unpaired) electrons. The molecular formula is C14H16N4O2S. The summed E-state index contributed by atoms with van der Waals surface area (Å²) in [5.74, 6) is 1.35. The summed E-state index contributed by atoms with van der Waals surface area (Å²) in [6.45, 7) is 2.05. The first-order chi connectivity index (χ1) is 10.2. The van der Waals surface area contributed by atoms with Crippen molar-refractivity contribution in [1.29, 1.82) is 0 Å². The summed E-state index contributed by atoms with van der Waals surface area (Å²) in [5, 5.41) is 11.3. The number of amides is 1. The molecule has 7 heteroatoms. The van der Waals surface area contributed by atoms with E-state index in [4.69, 9.17) is 4.42 Å². The van der Waals surface area contributed by atoms with Gasteiger partial charge in [0, 0.05) is 18.4 Å². The Bertz CT molecular complexity index is 612. The number of rotatable bonds is 6. The molecule has 2 aromatic rings. The Balaban J connectivity index is 1.51. The van der Waals surface area contributed by atoms with Crippen molar-refractivity contribution in [2.75, 3.05) is 5.75 Å². The van der Waals surface area contributed by atoms with E-state index >= 15 is 0 Å². The molecule has 3 rings (SSSR count). The van der Waals surface area contributed by atoms with Gasteiger partial charge in [-0.25, -0.2) is 0 Å². The Morgan fingerprint density at radius 1 is 1.52 bits per heavy atom. The number of pyridine rings is 1. The number of carbonyl (C=O) groups excluding carboxylic acids is 1. The molecule has 0 saturated heterocycles. The van der Waals surface area contributed by atoms with Crippen LogP contribution in [0, 0.1) is 5.92 Å². The Labute approximate surface area is 126 Å². The SMILES string of the molecule is C[C@H](NC(=O)CSc1nnc(-c2cccnc2)o1)C1CC1. The maximum absolute atomic E-state index is 11.8. The van der Waals surface area contributed by atoms with Crippen LogP contribution in [-0.2, 0) is 4.79 Å². The molecular weight excluding hydrogens is 288 g/mol. The van der Waals surface area contributed by atoms with Gasteiger partial charge in [-0.1, -0.05) is 11.8 Å². The third kappa shape index (κ3) is 3.81. The maximum atomic E-state index is 11.8. The van der Waals surface area contributed by atoms with Gasteiger partial charge in [0.15, 0.2) is 0 Å². The van der Waals surface area contributed by atoms with Crippen LogP contribution in [0.1, 0.15) is 19.8 Å². The van der Waals surface area contributed by atoms with Gasteiger partial charge in [0.25, 0.3) is 5.22 Å². The van der Waals surface area contributed by atoms with Crippen LogP contribution in [0.2, 0.25) is 0 Å². The molecule has 1 amide bonds. The third-order valence-corrected chi connectivity index (χ3v) is 4.18. The first-order valence-corrected chi connectivity index (χ1v) is 7.87. The second-order valence-electron chi connectivity index (χ2n) is 5.10. The minimum atomic E-state index is 0.000489. The van der Waals surface area contributed by atoms with Gasteiger partial charge >= 0.3 is 0 Å². The summed E-state index contributed by atoms with van der Waals surface area (Å²) >= 11 is 1.25. The van der Waals surface area contributed by atoms with E-state index in [1.54, 1.807) is 18.5 Å². The molecule has 0 spiro atoms. The maximum Gasteiger partial charge on any atom is 0.277 e. The Morgan fingerprint density at radius 2 is 2.38 bits per heavy atom. The van der Waals surface area contributed by atoms with Crippen molar-refractivity contribution in [2.45, 2.75) is 31.0 Å². The van der Waals surface area contributed by atoms with Gasteiger partial charge < -0.3 is 9.73 Å². The van der Waals surface area contributed by atoms with Gasteiger partial charge in [0.2, 0.25) is 11.8 Å². The van der Waals surface area contributed by atoms with Crippen LogP contribution < -0.4 is 5.32 Å². The predicted molar refractivity (Wildman–Crippen MR) is 78.6 cm³/mol. The quantitative estimate of drug-likeness (QED) is 0.823. The zero-order chi connectivity index (χ0) is 14.7. The lowest BCUT2D eigenvalue weighted by atomic mass is 10.2. The monoisotopic (exact) mass is 304 g/mol. The van der Waals surface area contributed by atoms with Crippen molar-refractivity contribution in [2.24, 2.45) is 5.92 Å². The molecule has 6 nitrogen and oxygen atoms in total. The molecule has 1 aliphatic rings. The number of aromatic nitrogens is 3. The lowest BCUT2D eigenvalue weighted by Crippen LogP contribution is -2.35. The largest absolute Gasteiger partial charge is 0.411 e. The molecule has 1 saturated carbocycles. The normalized spacial score (nSPS) is 15.7. The van der Waals surface area contributed by atoms with Gasteiger partial charge in [-0.05, 0) is 37.8 Å². The fraction of sp³-hybridized carbons (Fsp3) is 0.429. The molecule has 2 heterocycles. The second kappa shape index (κ2) is 6.26. The van der Waals surface area contributed by atoms with Gasteiger partial charge in [-0.15, -0.1) is 10.2 Å². The van der Waals surface area contributed by atoms with Crippen LogP contribution in [0.4, 0.5) is 0 Å². The highest BCUT2D eigenvalue weighted by Gasteiger charge is 2.28. The average molecular weight is 304 g/mol. The van der Waals surface area contributed by atoms with Crippen molar-refractivity contribution < 1.29 is 9.21 Å². The zero-order valence-electron chi connectivity index (χ0n) is 11.7. The number of nitrogens with zero attached hydrogens (tertiary/aromatic N) is 3. The van der Waals surface area contributed by atoms with Gasteiger partial charge in [0.1, 0.15) is 0 Å². The van der Waals surface area contributed by atoms with E-state index in [0.717, 1.165) is 5.56 Å². The van der Waals surface area contributed by atoms with Gasteiger partial charge in [-0.2, -0.15) is 0 Å². The Hall–Kier alpha value is -1.89. The highest BCUT2D eigenvalue weighted by Crippen LogP contribution is 2.32. The van der Waals surface area contributed by atoms with E-state index in [9.17, 15) is 4.79 Å². The van der Waals surface area contributed by atoms with Crippen molar-refractivity contribution >= 4 is 17.7 Å². The number of nitrogens with one attached hydrogen (secondary N) is 1. The summed E-state index contributed by atoms with van der Waals surface area (Å²) < 4.78 is 5.51. The highest BCUT2D eigenvalue weighted by molar-refractivity contribution is 7.99. The van der Waals surface area contributed by atoms with Crippen LogP contribution >= 0.6 is 11.8 Å². The number of carbonyl (C=O) groups is 1. The molecule has 1 fully saturated rings. The highest BCUT2D eigenvalue weighted by atomic mass is 32.2. The zero-order valence-corrected chi connectivity index (χ0v) is 12.5. The van der Waals surface area contributed by atoms with E-state index in [-0.39, 0.29) is 17.7 Å². The molecule has 0 unspecified atom stereocenters. The van der Waals surface area contributed by atoms with E-state index < -0.39 is 0 Å². The molecule has 0 bridgehead atoms. The van der Waals surface area contributed by atoms with Crippen LogP contribution in [0.25, 0.3) is 11.5 Å². The predicted octanol–water partition coefficient (Wildman–Crippen LogP) is 2.14. The Morgan fingerprint density at radius 3 is 3.10 bits per heavy atom. The van der Waals surface area contributed by atoms with Crippen molar-refractivity contribution in [3.63, 3.8) is 0 Å². The van der Waals surface area contributed by atoms with Crippen molar-refractivity contribution in [1.82, 2.24) is 20.5 Å². The molecule has 0 aliphatic heterocycles. The first kappa shape index (κ1) is 14.1. The van der Waals surface area contributed by atoms with E-state index in [0.29, 0.717) is 17.0 Å². The van der Waals surface area contributed by atoms with E-state index in [1.165, 1.54) is 24.6 Å². The first-order valence-electron chi connectivity index (χ1n) is 6.88. The van der Waals surface area contributed by atoms with Crippen molar-refractivity contribution in [3.05, 3.63) is 24.5 Å². The fourth-order valence-corrected chi connectivity index (χ4v) is 2.59. The summed E-state index contributed by atoms with van der Waals surface area (Å²) in [6, 6.07) is 3.91. The number of hydrogen-bond donors (Lipinski definition) is 1. The second-order valence-corrected chi connectivity index (χ2v) is 6.02. The van der Waals surface area contributed by atoms with Crippen LogP contribution in [-0.4, -0.2) is 32.9 Å². The number of hydrogen-bond acceptors (Lipinski definition) is 6. The lowest BCUT2D eigenvalue weighted by Gasteiger charge is -2.11. The standard InChI is InChI=1S/C14H16N4O2S/c1-9(10-4-5-10)16-12(19)8-21-14-18-17-13(20-14)11-3-2-6-15-7-11/h2-3,6-7,9-10H,4-5,8H2,1H3,(H,16,19)/t9-/m0/s1. The van der Waals surface area contributed by atoms with E-state index in [2.05, 4.69) is 20.5 Å². The molecule has 1 N–H and O–H groups in total. The molecule has 0 aromatic carbocycles. The van der Waals surface area contributed by atoms with E-state index in [1.807, 2.05) is 13.0 Å². The number of thioether (sulfide) groups is 1.